The van der Waals surface area contributed by atoms with Gasteiger partial charge >= 0.3 is 0 Å². The van der Waals surface area contributed by atoms with Gasteiger partial charge < -0.3 is 15.0 Å². The van der Waals surface area contributed by atoms with Gasteiger partial charge in [0.25, 0.3) is 0 Å². The molecule has 2 N–H and O–H groups in total. The number of hydrogen-bond donors (Lipinski definition) is 1. The Bertz CT molecular complexity index is 343. The minimum absolute atomic E-state index is 0.384. The monoisotopic (exact) mass is 239 g/mol. The molecule has 1 aliphatic rings. The van der Waals surface area contributed by atoms with Gasteiger partial charge in [0.1, 0.15) is 0 Å². The molecule has 96 valence electrons. The summed E-state index contributed by atoms with van der Waals surface area (Å²) in [5.74, 6) is 1.29. The summed E-state index contributed by atoms with van der Waals surface area (Å²) in [6.07, 6.45) is 7.38. The van der Waals surface area contributed by atoms with Crippen LogP contribution >= 0.6 is 0 Å². The van der Waals surface area contributed by atoms with Gasteiger partial charge in [0.2, 0.25) is 5.89 Å². The lowest BCUT2D eigenvalue weighted by molar-refractivity contribution is 0.191. The Morgan fingerprint density at radius 3 is 2.65 bits per heavy atom. The second-order valence-electron chi connectivity index (χ2n) is 4.82. The summed E-state index contributed by atoms with van der Waals surface area (Å²) in [4.78, 5) is 4.40. The molecular weight excluding hydrogens is 218 g/mol. The van der Waals surface area contributed by atoms with E-state index in [1.807, 2.05) is 0 Å². The van der Waals surface area contributed by atoms with Crippen molar-refractivity contribution >= 4 is 0 Å². The van der Waals surface area contributed by atoms with E-state index in [1.165, 1.54) is 12.8 Å². The normalized spacial score (nSPS) is 20.1. The molecule has 0 aliphatic heterocycles. The molecule has 1 heterocycles. The Morgan fingerprint density at radius 2 is 2.00 bits per heavy atom. The summed E-state index contributed by atoms with van der Waals surface area (Å²) in [6, 6.07) is 0. The molecule has 0 saturated heterocycles. The summed E-state index contributed by atoms with van der Waals surface area (Å²) in [5, 5.41) is 4.04. The summed E-state index contributed by atoms with van der Waals surface area (Å²) >= 11 is 0. The summed E-state index contributed by atoms with van der Waals surface area (Å²) in [5.41, 5.74) is 6.02. The van der Waals surface area contributed by atoms with Crippen LogP contribution in [0.4, 0.5) is 0 Å². The molecule has 1 saturated carbocycles. The zero-order chi connectivity index (χ0) is 12.1. The number of nitrogens with zero attached hydrogens (tertiary/aromatic N) is 2. The van der Waals surface area contributed by atoms with Gasteiger partial charge in [-0.15, -0.1) is 0 Å². The number of rotatable bonds is 4. The van der Waals surface area contributed by atoms with Crippen LogP contribution in [0.5, 0.6) is 0 Å². The second kappa shape index (κ2) is 5.60. The zero-order valence-electron chi connectivity index (χ0n) is 10.4. The molecule has 0 bridgehead atoms. The molecule has 0 spiro atoms. The maximum Gasteiger partial charge on any atom is 0.229 e. The minimum atomic E-state index is -0.384. The first-order valence-corrected chi connectivity index (χ1v) is 6.35. The first kappa shape index (κ1) is 12.5. The van der Waals surface area contributed by atoms with E-state index < -0.39 is 0 Å². The quantitative estimate of drug-likeness (QED) is 0.810. The number of hydrogen-bond acceptors (Lipinski definition) is 5. The first-order valence-electron chi connectivity index (χ1n) is 6.35. The Kier molecular flexibility index (Phi) is 4.12. The van der Waals surface area contributed by atoms with Gasteiger partial charge in [0.15, 0.2) is 5.82 Å². The van der Waals surface area contributed by atoms with Crippen LogP contribution in [0.25, 0.3) is 0 Å². The van der Waals surface area contributed by atoms with Crippen LogP contribution in [0, 0.1) is 0 Å². The van der Waals surface area contributed by atoms with Gasteiger partial charge in [-0.3, -0.25) is 0 Å². The molecule has 2 rings (SSSR count). The number of methoxy groups -OCH3 is 1. The van der Waals surface area contributed by atoms with Gasteiger partial charge in [-0.25, -0.2) is 0 Å². The summed E-state index contributed by atoms with van der Waals surface area (Å²) in [7, 11) is 1.66. The Hall–Kier alpha value is -0.940. The van der Waals surface area contributed by atoms with Gasteiger partial charge in [0, 0.05) is 7.11 Å². The van der Waals surface area contributed by atoms with Crippen molar-refractivity contribution in [3.05, 3.63) is 11.7 Å². The minimum Gasteiger partial charge on any atom is -0.384 e. The third-order valence-electron chi connectivity index (χ3n) is 3.43. The van der Waals surface area contributed by atoms with Gasteiger partial charge in [0.05, 0.1) is 18.6 Å². The Labute approximate surface area is 102 Å². The lowest BCUT2D eigenvalue weighted by atomic mass is 9.91. The molecular formula is C12H21N3O2. The topological polar surface area (TPSA) is 74.2 Å². The molecule has 1 aliphatic carbocycles. The van der Waals surface area contributed by atoms with Crippen LogP contribution in [-0.2, 0) is 16.7 Å². The molecule has 5 heteroatoms. The highest BCUT2D eigenvalue weighted by Crippen LogP contribution is 2.31. The van der Waals surface area contributed by atoms with Crippen molar-refractivity contribution in [1.29, 1.82) is 0 Å². The van der Waals surface area contributed by atoms with E-state index in [1.54, 1.807) is 7.11 Å². The van der Waals surface area contributed by atoms with Crippen molar-refractivity contribution in [2.24, 2.45) is 5.73 Å². The molecule has 0 radical (unpaired) electrons. The van der Waals surface area contributed by atoms with Crippen LogP contribution in [0.1, 0.15) is 50.2 Å². The highest BCUT2D eigenvalue weighted by Gasteiger charge is 2.33. The van der Waals surface area contributed by atoms with E-state index in [0.717, 1.165) is 25.7 Å². The van der Waals surface area contributed by atoms with Gasteiger partial charge in [-0.1, -0.05) is 30.8 Å². The highest BCUT2D eigenvalue weighted by molar-refractivity contribution is 5.04. The van der Waals surface area contributed by atoms with Gasteiger partial charge in [-0.05, 0) is 12.8 Å². The summed E-state index contributed by atoms with van der Waals surface area (Å²) in [6.45, 7) is 0.596. The van der Waals surface area contributed by atoms with Crippen molar-refractivity contribution in [2.75, 3.05) is 13.7 Å². The van der Waals surface area contributed by atoms with E-state index in [2.05, 4.69) is 10.1 Å². The van der Waals surface area contributed by atoms with Gasteiger partial charge in [-0.2, -0.15) is 4.98 Å². The first-order chi connectivity index (χ1) is 8.24. The molecule has 1 fully saturated rings. The smallest absolute Gasteiger partial charge is 0.229 e. The summed E-state index contributed by atoms with van der Waals surface area (Å²) < 4.78 is 10.2. The third-order valence-corrected chi connectivity index (χ3v) is 3.43. The van der Waals surface area contributed by atoms with Crippen LogP contribution in [0.15, 0.2) is 4.52 Å². The number of nitrogens with two attached hydrogens (primary N) is 1. The highest BCUT2D eigenvalue weighted by atomic mass is 16.5. The van der Waals surface area contributed by atoms with Crippen molar-refractivity contribution in [3.63, 3.8) is 0 Å². The predicted molar refractivity (Wildman–Crippen MR) is 63.4 cm³/mol. The lowest BCUT2D eigenvalue weighted by Gasteiger charge is -2.23. The molecule has 5 nitrogen and oxygen atoms in total. The molecule has 17 heavy (non-hydrogen) atoms. The average molecular weight is 239 g/mol. The van der Waals surface area contributed by atoms with Crippen LogP contribution < -0.4 is 5.73 Å². The van der Waals surface area contributed by atoms with E-state index in [-0.39, 0.29) is 5.54 Å². The average Bonchev–Trinajstić information content (AvgIpc) is 2.70. The fraction of sp³-hybridized carbons (Fsp3) is 0.833. The predicted octanol–water partition coefficient (Wildman–Crippen LogP) is 1.77. The fourth-order valence-electron chi connectivity index (χ4n) is 2.33. The molecule has 0 aromatic carbocycles. The number of aromatic nitrogens is 2. The van der Waals surface area contributed by atoms with Crippen LogP contribution in [0.3, 0.4) is 0 Å². The van der Waals surface area contributed by atoms with E-state index in [4.69, 9.17) is 15.0 Å². The zero-order valence-corrected chi connectivity index (χ0v) is 10.4. The van der Waals surface area contributed by atoms with Crippen molar-refractivity contribution < 1.29 is 9.26 Å². The molecule has 1 aromatic heterocycles. The van der Waals surface area contributed by atoms with Crippen LogP contribution in [0.2, 0.25) is 0 Å². The molecule has 0 unspecified atom stereocenters. The van der Waals surface area contributed by atoms with Crippen molar-refractivity contribution in [1.82, 2.24) is 10.1 Å². The number of ether oxygens (including phenoxy) is 1. The molecule has 0 amide bonds. The maximum absolute atomic E-state index is 6.41. The molecule has 0 atom stereocenters. The van der Waals surface area contributed by atoms with E-state index in [0.29, 0.717) is 24.7 Å². The lowest BCUT2D eigenvalue weighted by Crippen LogP contribution is -2.37. The maximum atomic E-state index is 6.41. The Balaban J connectivity index is 2.06. The van der Waals surface area contributed by atoms with E-state index in [9.17, 15) is 0 Å². The van der Waals surface area contributed by atoms with E-state index >= 15 is 0 Å². The SMILES string of the molecule is COCCc1nc(C2(N)CCCCCC2)no1. The third kappa shape index (κ3) is 3.04. The fourth-order valence-corrected chi connectivity index (χ4v) is 2.33. The Morgan fingerprint density at radius 1 is 1.29 bits per heavy atom. The molecule has 1 aromatic rings. The largest absolute Gasteiger partial charge is 0.384 e. The van der Waals surface area contributed by atoms with Crippen LogP contribution in [-0.4, -0.2) is 23.9 Å². The second-order valence-corrected chi connectivity index (χ2v) is 4.82. The van der Waals surface area contributed by atoms with Crippen molar-refractivity contribution in [3.8, 4) is 0 Å². The van der Waals surface area contributed by atoms with Crippen molar-refractivity contribution in [2.45, 2.75) is 50.5 Å². The standard InChI is InChI=1S/C12H21N3O2/c1-16-9-6-10-14-11(15-17-10)12(13)7-4-2-3-5-8-12/h2-9,13H2,1H3.